The van der Waals surface area contributed by atoms with E-state index in [-0.39, 0.29) is 11.8 Å². The van der Waals surface area contributed by atoms with E-state index in [4.69, 9.17) is 0 Å². The lowest BCUT2D eigenvalue weighted by Crippen LogP contribution is -2.27. The van der Waals surface area contributed by atoms with Gasteiger partial charge in [0.15, 0.2) is 0 Å². The molecule has 0 radical (unpaired) electrons. The lowest BCUT2D eigenvalue weighted by molar-refractivity contribution is 0.0786. The highest BCUT2D eigenvalue weighted by atomic mass is 32.1. The molecule has 5 nitrogen and oxygen atoms in total. The largest absolute Gasteiger partial charge is 0.337 e. The second kappa shape index (κ2) is 8.24. The normalized spacial score (nSPS) is 10.7. The third-order valence-electron chi connectivity index (χ3n) is 4.61. The maximum absolute atomic E-state index is 13.0. The molecule has 0 aliphatic carbocycles. The van der Waals surface area contributed by atoms with Crippen LogP contribution in [0, 0.1) is 0 Å². The zero-order valence-corrected chi connectivity index (χ0v) is 16.6. The Kier molecular flexibility index (Phi) is 5.35. The molecule has 0 atom stereocenters. The Labute approximate surface area is 172 Å². The third-order valence-corrected chi connectivity index (χ3v) is 5.43. The number of fused-ring (bicyclic) bond motifs is 1. The summed E-state index contributed by atoms with van der Waals surface area (Å²) in [6.45, 7) is 0.485. The summed E-state index contributed by atoms with van der Waals surface area (Å²) in [4.78, 5) is 27.5. The minimum Gasteiger partial charge on any atom is -0.337 e. The lowest BCUT2D eigenvalue weighted by atomic mass is 10.1. The van der Waals surface area contributed by atoms with Crippen molar-refractivity contribution >= 4 is 39.1 Å². The van der Waals surface area contributed by atoms with Crippen LogP contribution in [0.1, 0.15) is 26.4 Å². The average molecular weight is 401 g/mol. The molecule has 1 N–H and O–H groups in total. The van der Waals surface area contributed by atoms with E-state index in [2.05, 4.69) is 9.69 Å². The molecule has 0 aliphatic heterocycles. The average Bonchev–Trinajstić information content (AvgIpc) is 3.19. The van der Waals surface area contributed by atoms with Gasteiger partial charge in [-0.25, -0.2) is 0 Å². The van der Waals surface area contributed by atoms with E-state index in [0.29, 0.717) is 23.5 Å². The molecule has 0 saturated carbocycles. The second-order valence-electron chi connectivity index (χ2n) is 6.67. The molecule has 1 aromatic heterocycles. The van der Waals surface area contributed by atoms with Crippen LogP contribution in [0.25, 0.3) is 10.1 Å². The number of carbonyl (C=O) groups is 2. The van der Waals surface area contributed by atoms with E-state index in [1.54, 1.807) is 36.2 Å². The van der Waals surface area contributed by atoms with Crippen molar-refractivity contribution in [3.63, 3.8) is 0 Å². The molecule has 3 aromatic carbocycles. The Hall–Kier alpha value is -3.51. The first-order valence-electron chi connectivity index (χ1n) is 9.17. The molecule has 2 amide bonds. The number of amides is 2. The van der Waals surface area contributed by atoms with E-state index in [9.17, 15) is 9.59 Å². The number of anilines is 1. The number of benzene rings is 3. The first-order chi connectivity index (χ1) is 14.1. The number of rotatable bonds is 5. The number of hydrogen-bond acceptors (Lipinski definition) is 4. The Morgan fingerprint density at radius 2 is 1.62 bits per heavy atom. The van der Waals surface area contributed by atoms with E-state index in [0.717, 1.165) is 15.6 Å². The SMILES string of the molecule is CN(Cc1ccccc1)C(=O)c1ccccc1NC(=O)c1nsc2ccccc12. The fourth-order valence-electron chi connectivity index (χ4n) is 3.14. The molecule has 4 aromatic rings. The molecule has 0 spiro atoms. The number of hydrogen-bond donors (Lipinski definition) is 1. The van der Waals surface area contributed by atoms with E-state index < -0.39 is 0 Å². The Morgan fingerprint density at radius 3 is 2.45 bits per heavy atom. The highest BCUT2D eigenvalue weighted by Gasteiger charge is 2.19. The van der Waals surface area contributed by atoms with Gasteiger partial charge >= 0.3 is 0 Å². The van der Waals surface area contributed by atoms with Gasteiger partial charge in [0.25, 0.3) is 11.8 Å². The zero-order valence-electron chi connectivity index (χ0n) is 15.8. The fraction of sp³-hybridized carbons (Fsp3) is 0.0870. The summed E-state index contributed by atoms with van der Waals surface area (Å²) in [5.74, 6) is -0.485. The minimum atomic E-state index is -0.326. The van der Waals surface area contributed by atoms with Crippen LogP contribution in [0.4, 0.5) is 5.69 Å². The number of para-hydroxylation sites is 1. The maximum Gasteiger partial charge on any atom is 0.276 e. The Morgan fingerprint density at radius 1 is 0.931 bits per heavy atom. The summed E-state index contributed by atoms with van der Waals surface area (Å²) in [5, 5.41) is 3.67. The van der Waals surface area contributed by atoms with Crippen molar-refractivity contribution in [2.75, 3.05) is 12.4 Å². The molecule has 0 fully saturated rings. The molecule has 0 bridgehead atoms. The summed E-state index contributed by atoms with van der Waals surface area (Å²) < 4.78 is 5.24. The van der Waals surface area contributed by atoms with Gasteiger partial charge < -0.3 is 10.2 Å². The first-order valence-corrected chi connectivity index (χ1v) is 9.95. The van der Waals surface area contributed by atoms with Crippen LogP contribution in [-0.2, 0) is 6.54 Å². The predicted octanol–water partition coefficient (Wildman–Crippen LogP) is 4.82. The lowest BCUT2D eigenvalue weighted by Gasteiger charge is -2.19. The van der Waals surface area contributed by atoms with Gasteiger partial charge in [0.1, 0.15) is 5.69 Å². The van der Waals surface area contributed by atoms with Crippen LogP contribution in [-0.4, -0.2) is 28.1 Å². The van der Waals surface area contributed by atoms with Gasteiger partial charge in [-0.1, -0.05) is 60.7 Å². The minimum absolute atomic E-state index is 0.159. The highest BCUT2D eigenvalue weighted by molar-refractivity contribution is 7.13. The molecule has 0 unspecified atom stereocenters. The van der Waals surface area contributed by atoms with Crippen LogP contribution in [0.5, 0.6) is 0 Å². The Balaban J connectivity index is 1.56. The number of nitrogens with one attached hydrogen (secondary N) is 1. The van der Waals surface area contributed by atoms with Gasteiger partial charge in [-0.2, -0.15) is 4.37 Å². The van der Waals surface area contributed by atoms with Crippen molar-refractivity contribution in [3.05, 3.63) is 95.7 Å². The summed E-state index contributed by atoms with van der Waals surface area (Å²) in [7, 11) is 1.75. The quantitative estimate of drug-likeness (QED) is 0.521. The molecule has 1 heterocycles. The second-order valence-corrected chi connectivity index (χ2v) is 7.48. The molecule has 0 saturated heterocycles. The van der Waals surface area contributed by atoms with E-state index in [1.807, 2.05) is 54.6 Å². The third kappa shape index (κ3) is 4.02. The smallest absolute Gasteiger partial charge is 0.276 e. The summed E-state index contributed by atoms with van der Waals surface area (Å²) >= 11 is 1.28. The predicted molar refractivity (Wildman–Crippen MR) is 116 cm³/mol. The van der Waals surface area contributed by atoms with Crippen molar-refractivity contribution in [3.8, 4) is 0 Å². The summed E-state index contributed by atoms with van der Waals surface area (Å²) in [6.07, 6.45) is 0. The summed E-state index contributed by atoms with van der Waals surface area (Å²) in [5.41, 5.74) is 2.32. The maximum atomic E-state index is 13.0. The van der Waals surface area contributed by atoms with Gasteiger partial charge in [-0.15, -0.1) is 0 Å². The number of aromatic nitrogens is 1. The van der Waals surface area contributed by atoms with Gasteiger partial charge in [0.2, 0.25) is 0 Å². The molecule has 29 heavy (non-hydrogen) atoms. The highest BCUT2D eigenvalue weighted by Crippen LogP contribution is 2.24. The molecule has 144 valence electrons. The fourth-order valence-corrected chi connectivity index (χ4v) is 3.92. The summed E-state index contributed by atoms with van der Waals surface area (Å²) in [6, 6.07) is 24.4. The van der Waals surface area contributed by atoms with Crippen molar-refractivity contribution in [2.24, 2.45) is 0 Å². The van der Waals surface area contributed by atoms with E-state index in [1.165, 1.54) is 11.5 Å². The monoisotopic (exact) mass is 401 g/mol. The van der Waals surface area contributed by atoms with Crippen LogP contribution in [0.15, 0.2) is 78.9 Å². The molecular weight excluding hydrogens is 382 g/mol. The molecule has 4 rings (SSSR count). The van der Waals surface area contributed by atoms with Crippen LogP contribution in [0.3, 0.4) is 0 Å². The van der Waals surface area contributed by atoms with Crippen molar-refractivity contribution in [1.29, 1.82) is 0 Å². The van der Waals surface area contributed by atoms with Crippen LogP contribution < -0.4 is 5.32 Å². The molecule has 0 aliphatic rings. The van der Waals surface area contributed by atoms with Gasteiger partial charge in [-0.3, -0.25) is 9.59 Å². The van der Waals surface area contributed by atoms with Crippen molar-refractivity contribution < 1.29 is 9.59 Å². The van der Waals surface area contributed by atoms with Gasteiger partial charge in [0.05, 0.1) is 16.0 Å². The zero-order chi connectivity index (χ0) is 20.2. The van der Waals surface area contributed by atoms with Crippen LogP contribution in [0.2, 0.25) is 0 Å². The van der Waals surface area contributed by atoms with Crippen molar-refractivity contribution in [1.82, 2.24) is 9.27 Å². The van der Waals surface area contributed by atoms with Crippen molar-refractivity contribution in [2.45, 2.75) is 6.54 Å². The topological polar surface area (TPSA) is 62.3 Å². The Bertz CT molecular complexity index is 1170. The van der Waals surface area contributed by atoms with Gasteiger partial charge in [0, 0.05) is 19.0 Å². The standard InChI is InChI=1S/C23H19N3O2S/c1-26(15-16-9-3-2-4-10-16)23(28)17-11-5-7-13-19(17)24-22(27)21-18-12-6-8-14-20(18)29-25-21/h2-14H,15H2,1H3,(H,24,27). The van der Waals surface area contributed by atoms with Gasteiger partial charge in [-0.05, 0) is 35.3 Å². The molecular formula is C23H19N3O2S. The van der Waals surface area contributed by atoms with Crippen LogP contribution >= 0.6 is 11.5 Å². The number of carbonyl (C=O) groups excluding carboxylic acids is 2. The first kappa shape index (κ1) is 18.8. The number of nitrogens with zero attached hydrogens (tertiary/aromatic N) is 2. The molecule has 6 heteroatoms. The van der Waals surface area contributed by atoms with E-state index >= 15 is 0 Å².